The van der Waals surface area contributed by atoms with E-state index in [-0.39, 0.29) is 12.5 Å². The summed E-state index contributed by atoms with van der Waals surface area (Å²) in [7, 11) is 0. The smallest absolute Gasteiger partial charge is 0.251 e. The van der Waals surface area contributed by atoms with Crippen LogP contribution in [-0.4, -0.2) is 42.0 Å². The van der Waals surface area contributed by atoms with Gasteiger partial charge in [0.05, 0.1) is 13.2 Å². The molecule has 1 saturated heterocycles. The van der Waals surface area contributed by atoms with Gasteiger partial charge in [0.1, 0.15) is 0 Å². The molecule has 1 unspecified atom stereocenters. The molecule has 0 radical (unpaired) electrons. The van der Waals surface area contributed by atoms with Crippen molar-refractivity contribution in [2.75, 3.05) is 19.7 Å². The molecular formula is C15H19ClN2O3. The maximum atomic E-state index is 12.2. The van der Waals surface area contributed by atoms with Crippen molar-refractivity contribution in [1.82, 2.24) is 4.90 Å². The molecule has 5 nitrogen and oxygen atoms in total. The number of hydrogen-bond donors (Lipinski definition) is 1. The van der Waals surface area contributed by atoms with Crippen molar-refractivity contribution >= 4 is 23.4 Å². The molecule has 0 aromatic heterocycles. The van der Waals surface area contributed by atoms with E-state index in [1.807, 2.05) is 12.1 Å². The molecule has 0 saturated carbocycles. The van der Waals surface area contributed by atoms with Gasteiger partial charge in [0.25, 0.3) is 5.91 Å². The highest BCUT2D eigenvalue weighted by molar-refractivity contribution is 6.30. The predicted octanol–water partition coefficient (Wildman–Crippen LogP) is 1.38. The number of carbonyl (C=O) groups is 2. The summed E-state index contributed by atoms with van der Waals surface area (Å²) in [5, 5.41) is 0.676. The second-order valence-corrected chi connectivity index (χ2v) is 5.82. The van der Waals surface area contributed by atoms with Crippen molar-refractivity contribution in [3.63, 3.8) is 0 Å². The molecule has 6 heteroatoms. The molecule has 2 amide bonds. The number of amides is 2. The number of morpholine rings is 1. The average Bonchev–Trinajstić information content (AvgIpc) is 2.46. The number of carbonyl (C=O) groups excluding carboxylic acids is 2. The fraction of sp³-hybridized carbons (Fsp3) is 0.467. The summed E-state index contributed by atoms with van der Waals surface area (Å²) in [5.74, 6) is -0.543. The first-order chi connectivity index (χ1) is 9.90. The Labute approximate surface area is 129 Å². The van der Waals surface area contributed by atoms with E-state index in [4.69, 9.17) is 22.1 Å². The minimum atomic E-state index is -1.09. The van der Waals surface area contributed by atoms with E-state index in [1.54, 1.807) is 24.0 Å². The minimum Gasteiger partial charge on any atom is -0.367 e. The van der Waals surface area contributed by atoms with Gasteiger partial charge in [-0.25, -0.2) is 0 Å². The van der Waals surface area contributed by atoms with E-state index >= 15 is 0 Å². The molecule has 21 heavy (non-hydrogen) atoms. The van der Waals surface area contributed by atoms with E-state index < -0.39 is 11.5 Å². The highest BCUT2D eigenvalue weighted by atomic mass is 35.5. The Morgan fingerprint density at radius 3 is 2.67 bits per heavy atom. The van der Waals surface area contributed by atoms with Crippen LogP contribution in [0, 0.1) is 0 Å². The molecule has 1 aliphatic heterocycles. The van der Waals surface area contributed by atoms with Gasteiger partial charge >= 0.3 is 0 Å². The number of rotatable bonds is 4. The van der Waals surface area contributed by atoms with Crippen LogP contribution < -0.4 is 5.73 Å². The summed E-state index contributed by atoms with van der Waals surface area (Å²) in [6.45, 7) is 2.64. The number of nitrogens with zero attached hydrogens (tertiary/aromatic N) is 1. The molecule has 2 rings (SSSR count). The molecule has 1 heterocycles. The number of benzene rings is 1. The average molecular weight is 311 g/mol. The number of primary amides is 1. The van der Waals surface area contributed by atoms with Gasteiger partial charge in [-0.3, -0.25) is 9.59 Å². The maximum Gasteiger partial charge on any atom is 0.251 e. The lowest BCUT2D eigenvalue weighted by molar-refractivity contribution is -0.160. The minimum absolute atomic E-state index is 0.000671. The van der Waals surface area contributed by atoms with Crippen molar-refractivity contribution in [1.29, 1.82) is 0 Å². The van der Waals surface area contributed by atoms with Crippen LogP contribution in [0.4, 0.5) is 0 Å². The fourth-order valence-corrected chi connectivity index (χ4v) is 2.42. The highest BCUT2D eigenvalue weighted by Gasteiger charge is 2.38. The molecule has 1 atom stereocenters. The third kappa shape index (κ3) is 3.95. The van der Waals surface area contributed by atoms with E-state index in [1.165, 1.54) is 0 Å². The highest BCUT2D eigenvalue weighted by Crippen LogP contribution is 2.18. The lowest BCUT2D eigenvalue weighted by Crippen LogP contribution is -2.58. The Bertz CT molecular complexity index is 532. The van der Waals surface area contributed by atoms with Gasteiger partial charge in [-0.15, -0.1) is 0 Å². The third-order valence-corrected chi connectivity index (χ3v) is 3.94. The molecule has 1 aromatic carbocycles. The lowest BCUT2D eigenvalue weighted by atomic mass is 10.0. The standard InChI is InChI=1S/C15H19ClN2O3/c1-15(14(17)20)10-18(8-9-21-15)13(19)7-4-11-2-5-12(16)6-3-11/h2-3,5-6H,4,7-10H2,1H3,(H2,17,20). The Kier molecular flexibility index (Phi) is 4.85. The fourth-order valence-electron chi connectivity index (χ4n) is 2.29. The zero-order valence-electron chi connectivity index (χ0n) is 12.0. The van der Waals surface area contributed by atoms with Crippen LogP contribution in [0.3, 0.4) is 0 Å². The van der Waals surface area contributed by atoms with Crippen LogP contribution in [0.15, 0.2) is 24.3 Å². The summed E-state index contributed by atoms with van der Waals surface area (Å²) in [4.78, 5) is 25.3. The molecule has 114 valence electrons. The van der Waals surface area contributed by atoms with Crippen molar-refractivity contribution in [2.45, 2.75) is 25.4 Å². The summed E-state index contributed by atoms with van der Waals surface area (Å²) in [5.41, 5.74) is 5.29. The summed E-state index contributed by atoms with van der Waals surface area (Å²) in [6.07, 6.45) is 1.02. The van der Waals surface area contributed by atoms with Crippen LogP contribution in [-0.2, 0) is 20.7 Å². The second-order valence-electron chi connectivity index (χ2n) is 5.39. The first kappa shape index (κ1) is 15.8. The topological polar surface area (TPSA) is 72.6 Å². The van der Waals surface area contributed by atoms with Gasteiger partial charge in [0.15, 0.2) is 5.60 Å². The largest absolute Gasteiger partial charge is 0.367 e. The van der Waals surface area contributed by atoms with Crippen LogP contribution in [0.5, 0.6) is 0 Å². The van der Waals surface area contributed by atoms with Crippen LogP contribution >= 0.6 is 11.6 Å². The van der Waals surface area contributed by atoms with Gasteiger partial charge in [-0.05, 0) is 31.0 Å². The monoisotopic (exact) mass is 310 g/mol. The summed E-state index contributed by atoms with van der Waals surface area (Å²) < 4.78 is 5.40. The maximum absolute atomic E-state index is 12.2. The van der Waals surface area contributed by atoms with Gasteiger partial charge in [-0.2, -0.15) is 0 Å². The quantitative estimate of drug-likeness (QED) is 0.913. The first-order valence-electron chi connectivity index (χ1n) is 6.87. The number of hydrogen-bond acceptors (Lipinski definition) is 3. The van der Waals surface area contributed by atoms with E-state index in [0.29, 0.717) is 31.0 Å². The summed E-state index contributed by atoms with van der Waals surface area (Å²) >= 11 is 5.82. The molecule has 1 aromatic rings. The van der Waals surface area contributed by atoms with Gasteiger partial charge in [0.2, 0.25) is 5.91 Å². The zero-order valence-corrected chi connectivity index (χ0v) is 12.7. The van der Waals surface area contributed by atoms with Crippen molar-refractivity contribution in [3.8, 4) is 0 Å². The number of ether oxygens (including phenoxy) is 1. The predicted molar refractivity (Wildman–Crippen MR) is 79.9 cm³/mol. The zero-order chi connectivity index (χ0) is 15.5. The Morgan fingerprint density at radius 1 is 1.38 bits per heavy atom. The first-order valence-corrected chi connectivity index (χ1v) is 7.24. The molecule has 0 aliphatic carbocycles. The third-order valence-electron chi connectivity index (χ3n) is 3.69. The molecule has 0 bridgehead atoms. The van der Waals surface area contributed by atoms with Crippen LogP contribution in [0.2, 0.25) is 5.02 Å². The van der Waals surface area contributed by atoms with Gasteiger partial charge in [0, 0.05) is 18.0 Å². The Balaban J connectivity index is 1.91. The molecule has 2 N–H and O–H groups in total. The van der Waals surface area contributed by atoms with Crippen molar-refractivity contribution < 1.29 is 14.3 Å². The van der Waals surface area contributed by atoms with Gasteiger partial charge in [-0.1, -0.05) is 23.7 Å². The van der Waals surface area contributed by atoms with Crippen LogP contribution in [0.25, 0.3) is 0 Å². The molecule has 1 aliphatic rings. The van der Waals surface area contributed by atoms with Crippen molar-refractivity contribution in [3.05, 3.63) is 34.9 Å². The normalized spacial score (nSPS) is 22.1. The van der Waals surface area contributed by atoms with E-state index in [2.05, 4.69) is 0 Å². The second kappa shape index (κ2) is 6.45. The van der Waals surface area contributed by atoms with Crippen LogP contribution in [0.1, 0.15) is 18.9 Å². The SMILES string of the molecule is CC1(C(N)=O)CN(C(=O)CCc2ccc(Cl)cc2)CCO1. The number of aryl methyl sites for hydroxylation is 1. The number of nitrogens with two attached hydrogens (primary N) is 1. The number of halogens is 1. The van der Waals surface area contributed by atoms with Crippen molar-refractivity contribution in [2.24, 2.45) is 5.73 Å². The summed E-state index contributed by atoms with van der Waals surface area (Å²) in [6, 6.07) is 7.42. The Hall–Kier alpha value is -1.59. The van der Waals surface area contributed by atoms with E-state index in [9.17, 15) is 9.59 Å². The van der Waals surface area contributed by atoms with Gasteiger partial charge < -0.3 is 15.4 Å². The molecular weight excluding hydrogens is 292 g/mol. The lowest BCUT2D eigenvalue weighted by Gasteiger charge is -2.38. The van der Waals surface area contributed by atoms with E-state index in [0.717, 1.165) is 5.56 Å². The molecule has 0 spiro atoms. The Morgan fingerprint density at radius 2 is 2.05 bits per heavy atom. The molecule has 1 fully saturated rings.